The normalized spacial score (nSPS) is 12.3. The second kappa shape index (κ2) is 4.55. The minimum Gasteiger partial charge on any atom is -0.480 e. The van der Waals surface area contributed by atoms with Crippen LogP contribution in [0.4, 0.5) is 0 Å². The van der Waals surface area contributed by atoms with Gasteiger partial charge in [0, 0.05) is 30.6 Å². The van der Waals surface area contributed by atoms with Crippen molar-refractivity contribution in [2.75, 3.05) is 0 Å². The number of hydrogen-bond donors (Lipinski definition) is 2. The van der Waals surface area contributed by atoms with Gasteiger partial charge < -0.3 is 15.4 Å². The van der Waals surface area contributed by atoms with Gasteiger partial charge in [0.1, 0.15) is 6.04 Å². The molecule has 18 heavy (non-hydrogen) atoms. The van der Waals surface area contributed by atoms with Crippen LogP contribution in [0.2, 0.25) is 0 Å². The maximum absolute atomic E-state index is 10.8. The number of carboxylic acids is 1. The molecule has 2 rings (SSSR count). The van der Waals surface area contributed by atoms with Gasteiger partial charge in [-0.3, -0.25) is 4.79 Å². The van der Waals surface area contributed by atoms with Gasteiger partial charge in [-0.25, -0.2) is 0 Å². The molecule has 1 aromatic carbocycles. The Labute approximate surface area is 105 Å². The van der Waals surface area contributed by atoms with Crippen LogP contribution < -0.4 is 5.73 Å². The summed E-state index contributed by atoms with van der Waals surface area (Å²) in [5, 5.41) is 9.82. The Hall–Kier alpha value is -2.25. The number of rotatable bonds is 3. The third-order valence-corrected chi connectivity index (χ3v) is 3.00. The molecule has 0 aliphatic rings. The molecule has 92 valence electrons. The van der Waals surface area contributed by atoms with Crippen molar-refractivity contribution < 1.29 is 9.90 Å². The smallest absolute Gasteiger partial charge is 0.320 e. The fourth-order valence-electron chi connectivity index (χ4n) is 2.15. The molecule has 1 atom stereocenters. The lowest BCUT2D eigenvalue weighted by Gasteiger charge is -2.04. The first-order valence-electron chi connectivity index (χ1n) is 5.56. The summed E-state index contributed by atoms with van der Waals surface area (Å²) in [5.74, 6) is 1.63. The van der Waals surface area contributed by atoms with Crippen molar-refractivity contribution in [3.05, 3.63) is 35.5 Å². The molecule has 1 aromatic heterocycles. The SMILES string of the molecule is C#Cc1cccc2c(CC(N)C(=O)O)cn(C)c12. The standard InChI is InChI=1S/C14H14N2O2/c1-3-9-5-4-6-11-10(7-12(15)14(17)18)8-16(2)13(9)11/h1,4-6,8,12H,7,15H2,2H3,(H,17,18). The lowest BCUT2D eigenvalue weighted by molar-refractivity contribution is -0.138. The van der Waals surface area contributed by atoms with Crippen LogP contribution in [0.5, 0.6) is 0 Å². The van der Waals surface area contributed by atoms with Crippen molar-refractivity contribution in [1.82, 2.24) is 4.57 Å². The zero-order valence-corrected chi connectivity index (χ0v) is 10.1. The van der Waals surface area contributed by atoms with Crippen molar-refractivity contribution >= 4 is 16.9 Å². The average molecular weight is 242 g/mol. The van der Waals surface area contributed by atoms with Crippen LogP contribution in [-0.2, 0) is 18.3 Å². The molecule has 3 N–H and O–H groups in total. The number of carbonyl (C=O) groups is 1. The zero-order valence-electron chi connectivity index (χ0n) is 10.1. The summed E-state index contributed by atoms with van der Waals surface area (Å²) in [6.07, 6.45) is 7.64. The zero-order chi connectivity index (χ0) is 13.3. The van der Waals surface area contributed by atoms with Gasteiger partial charge in [-0.15, -0.1) is 6.42 Å². The Morgan fingerprint density at radius 2 is 2.33 bits per heavy atom. The van der Waals surface area contributed by atoms with Gasteiger partial charge in [0.25, 0.3) is 0 Å². The molecule has 1 heterocycles. The molecule has 0 aliphatic carbocycles. The summed E-state index contributed by atoms with van der Waals surface area (Å²) >= 11 is 0. The van der Waals surface area contributed by atoms with E-state index in [-0.39, 0.29) is 0 Å². The number of terminal acetylenes is 1. The number of nitrogens with zero attached hydrogens (tertiary/aromatic N) is 1. The molecule has 0 saturated heterocycles. The summed E-state index contributed by atoms with van der Waals surface area (Å²) < 4.78 is 1.91. The lowest BCUT2D eigenvalue weighted by atomic mass is 10.0. The fourth-order valence-corrected chi connectivity index (χ4v) is 2.15. The van der Waals surface area contributed by atoms with Crippen LogP contribution in [0.1, 0.15) is 11.1 Å². The molecule has 4 nitrogen and oxygen atoms in total. The highest BCUT2D eigenvalue weighted by Gasteiger charge is 2.16. The van der Waals surface area contributed by atoms with Crippen LogP contribution in [0.25, 0.3) is 10.9 Å². The minimum absolute atomic E-state index is 0.292. The average Bonchev–Trinajstić information content (AvgIpc) is 2.66. The third kappa shape index (κ3) is 1.96. The highest BCUT2D eigenvalue weighted by Crippen LogP contribution is 2.24. The number of carboxylic acid groups (broad SMARTS) is 1. The molecule has 0 fully saturated rings. The lowest BCUT2D eigenvalue weighted by Crippen LogP contribution is -2.32. The number of para-hydroxylation sites is 1. The third-order valence-electron chi connectivity index (χ3n) is 3.00. The molecule has 0 saturated carbocycles. The quantitative estimate of drug-likeness (QED) is 0.792. The molecule has 0 amide bonds. The summed E-state index contributed by atoms with van der Waals surface area (Å²) in [5.41, 5.74) is 8.21. The number of benzene rings is 1. The second-order valence-electron chi connectivity index (χ2n) is 4.26. The van der Waals surface area contributed by atoms with Crippen molar-refractivity contribution in [2.45, 2.75) is 12.5 Å². The fraction of sp³-hybridized carbons (Fsp3) is 0.214. The van der Waals surface area contributed by atoms with Gasteiger partial charge in [-0.1, -0.05) is 18.1 Å². The summed E-state index contributed by atoms with van der Waals surface area (Å²) in [6, 6.07) is 4.77. The topological polar surface area (TPSA) is 68.2 Å². The van der Waals surface area contributed by atoms with E-state index in [0.717, 1.165) is 22.0 Å². The first-order valence-corrected chi connectivity index (χ1v) is 5.56. The van der Waals surface area contributed by atoms with E-state index in [4.69, 9.17) is 17.3 Å². The molecule has 0 radical (unpaired) electrons. The van der Waals surface area contributed by atoms with E-state index < -0.39 is 12.0 Å². The van der Waals surface area contributed by atoms with Crippen molar-refractivity contribution in [3.63, 3.8) is 0 Å². The molecule has 0 aliphatic heterocycles. The van der Waals surface area contributed by atoms with E-state index in [9.17, 15) is 4.79 Å². The van der Waals surface area contributed by atoms with Crippen molar-refractivity contribution in [1.29, 1.82) is 0 Å². The number of aliphatic carboxylic acids is 1. The van der Waals surface area contributed by atoms with Crippen LogP contribution in [0, 0.1) is 12.3 Å². The predicted octanol–water partition coefficient (Wildman–Crippen LogP) is 1.11. The predicted molar refractivity (Wildman–Crippen MR) is 70.2 cm³/mol. The van der Waals surface area contributed by atoms with E-state index in [1.54, 1.807) is 0 Å². The van der Waals surface area contributed by atoms with Gasteiger partial charge >= 0.3 is 5.97 Å². The Bertz CT molecular complexity index is 650. The highest BCUT2D eigenvalue weighted by atomic mass is 16.4. The molecule has 0 spiro atoms. The van der Waals surface area contributed by atoms with Gasteiger partial charge in [0.15, 0.2) is 0 Å². The van der Waals surface area contributed by atoms with E-state index in [2.05, 4.69) is 5.92 Å². The summed E-state index contributed by atoms with van der Waals surface area (Å²) in [4.78, 5) is 10.8. The Kier molecular flexibility index (Phi) is 3.09. The second-order valence-corrected chi connectivity index (χ2v) is 4.26. The minimum atomic E-state index is -1.000. The molecular formula is C14H14N2O2. The Balaban J connectivity index is 2.55. The summed E-state index contributed by atoms with van der Waals surface area (Å²) in [7, 11) is 1.89. The van der Waals surface area contributed by atoms with Crippen molar-refractivity contribution in [2.24, 2.45) is 12.8 Å². The molecule has 0 bridgehead atoms. The molecule has 2 aromatic rings. The van der Waals surface area contributed by atoms with Gasteiger partial charge in [-0.2, -0.15) is 0 Å². The Morgan fingerprint density at radius 1 is 1.61 bits per heavy atom. The first-order chi connectivity index (χ1) is 8.54. The largest absolute Gasteiger partial charge is 0.480 e. The van der Waals surface area contributed by atoms with Crippen molar-refractivity contribution in [3.8, 4) is 12.3 Å². The number of fused-ring (bicyclic) bond motifs is 1. The van der Waals surface area contributed by atoms with E-state index in [1.165, 1.54) is 0 Å². The van der Waals surface area contributed by atoms with Gasteiger partial charge in [-0.05, 0) is 11.6 Å². The highest BCUT2D eigenvalue weighted by molar-refractivity contribution is 5.89. The van der Waals surface area contributed by atoms with Crippen LogP contribution in [0.15, 0.2) is 24.4 Å². The van der Waals surface area contributed by atoms with Gasteiger partial charge in [0.05, 0.1) is 5.52 Å². The maximum Gasteiger partial charge on any atom is 0.320 e. The number of nitrogens with two attached hydrogens (primary N) is 1. The molecule has 1 unspecified atom stereocenters. The van der Waals surface area contributed by atoms with E-state index in [1.807, 2.05) is 36.0 Å². The number of aryl methyl sites for hydroxylation is 1. The monoisotopic (exact) mass is 242 g/mol. The van der Waals surface area contributed by atoms with Gasteiger partial charge in [0.2, 0.25) is 0 Å². The molecule has 4 heteroatoms. The first kappa shape index (κ1) is 12.2. The van der Waals surface area contributed by atoms with Crippen LogP contribution in [-0.4, -0.2) is 21.7 Å². The Morgan fingerprint density at radius 3 is 2.94 bits per heavy atom. The van der Waals surface area contributed by atoms with E-state index >= 15 is 0 Å². The number of hydrogen-bond acceptors (Lipinski definition) is 2. The van der Waals surface area contributed by atoms with E-state index in [0.29, 0.717) is 6.42 Å². The van der Waals surface area contributed by atoms with Crippen LogP contribution >= 0.6 is 0 Å². The maximum atomic E-state index is 10.8. The van der Waals surface area contributed by atoms with Crippen LogP contribution in [0.3, 0.4) is 0 Å². The molecular weight excluding hydrogens is 228 g/mol. The summed E-state index contributed by atoms with van der Waals surface area (Å²) in [6.45, 7) is 0. The number of aromatic nitrogens is 1.